The molecular weight excluding hydrogens is 383 g/mol. The quantitative estimate of drug-likeness (QED) is 0.728. The van der Waals surface area contributed by atoms with E-state index in [1.54, 1.807) is 35.2 Å². The molecule has 2 atom stereocenters. The summed E-state index contributed by atoms with van der Waals surface area (Å²) in [5.41, 5.74) is 1.23. The molecule has 0 aliphatic carbocycles. The van der Waals surface area contributed by atoms with E-state index in [4.69, 9.17) is 23.2 Å². The van der Waals surface area contributed by atoms with Crippen LogP contribution in [0, 0.1) is 0 Å². The molecule has 2 heterocycles. The summed E-state index contributed by atoms with van der Waals surface area (Å²) in [5, 5.41) is 0.704. The van der Waals surface area contributed by atoms with Crippen LogP contribution in [0.5, 0.6) is 0 Å². The summed E-state index contributed by atoms with van der Waals surface area (Å²) in [6.45, 7) is 0. The maximum atomic E-state index is 13.1. The Kier molecular flexibility index (Phi) is 3.94. The lowest BCUT2D eigenvalue weighted by Gasteiger charge is -2.23. The van der Waals surface area contributed by atoms with E-state index >= 15 is 0 Å². The largest absolute Gasteiger partial charge is 0.329 e. The standard InChI is InChI=1S/C17H14Cl2N2O3S/c18-13-7-6-12(8-14(13)19)21-16-10-25(23,24)9-15(16)20(17(21)22)11-4-2-1-3-5-11/h1-8,15-16H,9-10H2/t15-,16-/m0/s1. The summed E-state index contributed by atoms with van der Waals surface area (Å²) in [6.07, 6.45) is 0. The van der Waals surface area contributed by atoms with Crippen molar-refractivity contribution >= 4 is 50.4 Å². The number of sulfone groups is 1. The zero-order chi connectivity index (χ0) is 17.8. The van der Waals surface area contributed by atoms with E-state index < -0.39 is 21.9 Å². The number of fused-ring (bicyclic) bond motifs is 1. The molecule has 0 unspecified atom stereocenters. The van der Waals surface area contributed by atoms with Crippen LogP contribution in [0.25, 0.3) is 0 Å². The van der Waals surface area contributed by atoms with Crippen LogP contribution in [-0.4, -0.2) is 38.0 Å². The number of carbonyl (C=O) groups excluding carboxylic acids is 1. The van der Waals surface area contributed by atoms with Gasteiger partial charge in [-0.2, -0.15) is 0 Å². The molecule has 130 valence electrons. The van der Waals surface area contributed by atoms with Crippen molar-refractivity contribution in [1.29, 1.82) is 0 Å². The van der Waals surface area contributed by atoms with Crippen LogP contribution in [-0.2, 0) is 9.84 Å². The van der Waals surface area contributed by atoms with Crippen molar-refractivity contribution in [2.24, 2.45) is 0 Å². The molecule has 0 bridgehead atoms. The topological polar surface area (TPSA) is 57.7 Å². The maximum Gasteiger partial charge on any atom is 0.329 e. The number of hydrogen-bond acceptors (Lipinski definition) is 3. The molecule has 2 amide bonds. The first-order valence-electron chi connectivity index (χ1n) is 7.70. The lowest BCUT2D eigenvalue weighted by atomic mass is 10.1. The Morgan fingerprint density at radius 1 is 0.840 bits per heavy atom. The van der Waals surface area contributed by atoms with E-state index in [0.717, 1.165) is 0 Å². The van der Waals surface area contributed by atoms with E-state index in [1.165, 1.54) is 4.90 Å². The van der Waals surface area contributed by atoms with Gasteiger partial charge in [-0.05, 0) is 30.3 Å². The smallest absolute Gasteiger partial charge is 0.288 e. The van der Waals surface area contributed by atoms with Gasteiger partial charge in [0.2, 0.25) is 0 Å². The average molecular weight is 397 g/mol. The molecule has 0 N–H and O–H groups in total. The fourth-order valence-electron chi connectivity index (χ4n) is 3.53. The normalized spacial score (nSPS) is 24.6. The number of benzene rings is 2. The minimum Gasteiger partial charge on any atom is -0.288 e. The van der Waals surface area contributed by atoms with Crippen LogP contribution < -0.4 is 9.80 Å². The Bertz CT molecular complexity index is 950. The second-order valence-corrected chi connectivity index (χ2v) is 9.14. The van der Waals surface area contributed by atoms with Gasteiger partial charge in [0.25, 0.3) is 0 Å². The number of hydrogen-bond donors (Lipinski definition) is 0. The van der Waals surface area contributed by atoms with E-state index in [9.17, 15) is 13.2 Å². The number of para-hydroxylation sites is 1. The third kappa shape index (κ3) is 2.78. The summed E-state index contributed by atoms with van der Waals surface area (Å²) in [5.74, 6) is -0.108. The summed E-state index contributed by atoms with van der Waals surface area (Å²) in [4.78, 5) is 16.2. The van der Waals surface area contributed by atoms with Crippen LogP contribution in [0.4, 0.5) is 16.2 Å². The Morgan fingerprint density at radius 2 is 1.44 bits per heavy atom. The predicted octanol–water partition coefficient (Wildman–Crippen LogP) is 3.61. The number of anilines is 2. The van der Waals surface area contributed by atoms with Gasteiger partial charge in [-0.15, -0.1) is 0 Å². The lowest BCUT2D eigenvalue weighted by Crippen LogP contribution is -2.37. The van der Waals surface area contributed by atoms with E-state index in [1.807, 2.05) is 18.2 Å². The third-order valence-electron chi connectivity index (χ3n) is 4.58. The van der Waals surface area contributed by atoms with Crippen LogP contribution in [0.1, 0.15) is 0 Å². The van der Waals surface area contributed by atoms with Crippen LogP contribution >= 0.6 is 23.2 Å². The third-order valence-corrected chi connectivity index (χ3v) is 7.02. The SMILES string of the molecule is O=C1N(c2ccccc2)[C@H]2CS(=O)(=O)C[C@@H]2N1c1ccc(Cl)c(Cl)c1. The summed E-state index contributed by atoms with van der Waals surface area (Å²) in [7, 11) is -3.22. The number of nitrogens with zero attached hydrogens (tertiary/aromatic N) is 2. The zero-order valence-electron chi connectivity index (χ0n) is 13.0. The average Bonchev–Trinajstić information content (AvgIpc) is 3.00. The van der Waals surface area contributed by atoms with Gasteiger partial charge in [0.05, 0.1) is 33.6 Å². The highest BCUT2D eigenvalue weighted by molar-refractivity contribution is 7.91. The first-order valence-corrected chi connectivity index (χ1v) is 10.3. The van der Waals surface area contributed by atoms with Crippen molar-refractivity contribution in [3.63, 3.8) is 0 Å². The van der Waals surface area contributed by atoms with E-state index in [2.05, 4.69) is 0 Å². The number of halogens is 2. The molecular formula is C17H14Cl2N2O3S. The minimum atomic E-state index is -3.22. The molecule has 0 radical (unpaired) electrons. The fraction of sp³-hybridized carbons (Fsp3) is 0.235. The van der Waals surface area contributed by atoms with Gasteiger partial charge in [0.1, 0.15) is 0 Å². The van der Waals surface area contributed by atoms with Gasteiger partial charge in [0.15, 0.2) is 9.84 Å². The molecule has 8 heteroatoms. The Hall–Kier alpha value is -1.76. The van der Waals surface area contributed by atoms with Gasteiger partial charge in [-0.3, -0.25) is 9.80 Å². The van der Waals surface area contributed by atoms with Crippen molar-refractivity contribution in [1.82, 2.24) is 0 Å². The van der Waals surface area contributed by atoms with Crippen LogP contribution in [0.3, 0.4) is 0 Å². The molecule has 2 aromatic carbocycles. The first-order chi connectivity index (χ1) is 11.9. The monoisotopic (exact) mass is 396 g/mol. The molecule has 5 nitrogen and oxygen atoms in total. The second-order valence-electron chi connectivity index (χ2n) is 6.17. The van der Waals surface area contributed by atoms with Crippen molar-refractivity contribution in [3.05, 3.63) is 58.6 Å². The van der Waals surface area contributed by atoms with Gasteiger partial charge in [0, 0.05) is 11.4 Å². The van der Waals surface area contributed by atoms with Crippen molar-refractivity contribution in [3.8, 4) is 0 Å². The molecule has 0 saturated carbocycles. The fourth-order valence-corrected chi connectivity index (χ4v) is 5.74. The van der Waals surface area contributed by atoms with E-state index in [0.29, 0.717) is 21.4 Å². The molecule has 2 aliphatic heterocycles. The molecule has 0 spiro atoms. The molecule has 2 fully saturated rings. The molecule has 4 rings (SSSR count). The number of rotatable bonds is 2. The number of urea groups is 1. The second kappa shape index (κ2) is 5.90. The van der Waals surface area contributed by atoms with Crippen molar-refractivity contribution < 1.29 is 13.2 Å². The summed E-state index contributed by atoms with van der Waals surface area (Å²) in [6, 6.07) is 12.9. The minimum absolute atomic E-state index is 0.0455. The molecule has 0 aromatic heterocycles. The summed E-state index contributed by atoms with van der Waals surface area (Å²) < 4.78 is 24.4. The Labute approximate surface area is 155 Å². The predicted molar refractivity (Wildman–Crippen MR) is 99.5 cm³/mol. The summed E-state index contributed by atoms with van der Waals surface area (Å²) >= 11 is 12.1. The van der Waals surface area contributed by atoms with Crippen molar-refractivity contribution in [2.75, 3.05) is 21.3 Å². The molecule has 2 saturated heterocycles. The highest BCUT2D eigenvalue weighted by Gasteiger charge is 2.54. The van der Waals surface area contributed by atoms with Crippen molar-refractivity contribution in [2.45, 2.75) is 12.1 Å². The lowest BCUT2D eigenvalue weighted by molar-refractivity contribution is 0.255. The molecule has 2 aliphatic rings. The first kappa shape index (κ1) is 16.7. The van der Waals surface area contributed by atoms with Crippen LogP contribution in [0.15, 0.2) is 48.5 Å². The highest BCUT2D eigenvalue weighted by Crippen LogP contribution is 2.39. The van der Waals surface area contributed by atoms with Gasteiger partial charge in [-0.25, -0.2) is 13.2 Å². The Morgan fingerprint density at radius 3 is 2.04 bits per heavy atom. The Balaban J connectivity index is 1.82. The molecule has 25 heavy (non-hydrogen) atoms. The van der Waals surface area contributed by atoms with E-state index in [-0.39, 0.29) is 17.5 Å². The number of amides is 2. The zero-order valence-corrected chi connectivity index (χ0v) is 15.3. The number of carbonyl (C=O) groups is 1. The van der Waals surface area contributed by atoms with Gasteiger partial charge in [-0.1, -0.05) is 41.4 Å². The molecule has 2 aromatic rings. The van der Waals surface area contributed by atoms with Gasteiger partial charge < -0.3 is 0 Å². The maximum absolute atomic E-state index is 13.1. The highest BCUT2D eigenvalue weighted by atomic mass is 35.5. The van der Waals surface area contributed by atoms with Crippen LogP contribution in [0.2, 0.25) is 10.0 Å². The van der Waals surface area contributed by atoms with Gasteiger partial charge >= 0.3 is 6.03 Å².